The van der Waals surface area contributed by atoms with Crippen LogP contribution in [-0.2, 0) is 22.7 Å². The smallest absolute Gasteiger partial charge is 0.255 e. The van der Waals surface area contributed by atoms with Gasteiger partial charge < -0.3 is 10.2 Å². The van der Waals surface area contributed by atoms with Crippen molar-refractivity contribution < 1.29 is 14.4 Å². The normalized spacial score (nSPS) is 26.7. The van der Waals surface area contributed by atoms with Gasteiger partial charge in [-0.15, -0.1) is 0 Å². The average Bonchev–Trinajstić information content (AvgIpc) is 3.08. The molecule has 2 N–H and O–H groups in total. The van der Waals surface area contributed by atoms with Crippen molar-refractivity contribution in [1.29, 1.82) is 0 Å². The van der Waals surface area contributed by atoms with Crippen LogP contribution in [0.25, 0.3) is 0 Å². The minimum absolute atomic E-state index is 0.0892. The Bertz CT molecular complexity index is 867. The molecule has 1 unspecified atom stereocenters. The fourth-order valence-corrected chi connectivity index (χ4v) is 5.68. The Labute approximate surface area is 177 Å². The summed E-state index contributed by atoms with van der Waals surface area (Å²) < 4.78 is 0. The minimum atomic E-state index is -0.551. The summed E-state index contributed by atoms with van der Waals surface area (Å²) in [6.07, 6.45) is 5.78. The third-order valence-corrected chi connectivity index (χ3v) is 7.65. The number of carbonyl (C=O) groups excluding carboxylic acids is 3. The lowest BCUT2D eigenvalue weighted by Gasteiger charge is -2.44. The van der Waals surface area contributed by atoms with Crippen LogP contribution < -0.4 is 10.6 Å². The summed E-state index contributed by atoms with van der Waals surface area (Å²) in [5, 5.41) is 5.86. The van der Waals surface area contributed by atoms with Gasteiger partial charge in [-0.1, -0.05) is 12.1 Å². The van der Waals surface area contributed by atoms with Crippen LogP contribution in [0, 0.1) is 5.41 Å². The van der Waals surface area contributed by atoms with Gasteiger partial charge in [0, 0.05) is 25.1 Å². The van der Waals surface area contributed by atoms with Gasteiger partial charge in [-0.3, -0.25) is 24.6 Å². The Hall–Kier alpha value is -2.25. The van der Waals surface area contributed by atoms with E-state index in [0.29, 0.717) is 23.9 Å². The van der Waals surface area contributed by atoms with E-state index in [1.165, 1.54) is 31.2 Å². The topological polar surface area (TPSA) is 81.8 Å². The molecule has 0 aromatic heterocycles. The lowest BCUT2D eigenvalue weighted by Crippen LogP contribution is -2.52. The maximum Gasteiger partial charge on any atom is 0.255 e. The largest absolute Gasteiger partial charge is 0.322 e. The Kier molecular flexibility index (Phi) is 5.11. The number of hydrogen-bond acceptors (Lipinski definition) is 5. The van der Waals surface area contributed by atoms with Gasteiger partial charge in [-0.2, -0.15) is 0 Å². The first kappa shape index (κ1) is 19.7. The number of nitrogens with zero attached hydrogens (tertiary/aromatic N) is 2. The number of rotatable bonds is 3. The number of amides is 3. The van der Waals surface area contributed by atoms with E-state index in [2.05, 4.69) is 21.6 Å². The number of fused-ring (bicyclic) bond motifs is 1. The maximum atomic E-state index is 13.0. The molecule has 7 heteroatoms. The van der Waals surface area contributed by atoms with Gasteiger partial charge >= 0.3 is 0 Å². The average molecular weight is 411 g/mol. The highest BCUT2D eigenvalue weighted by atomic mass is 16.2. The SMILES string of the molecule is O=C1CCC(N2Cc3c(CN4CCC5(CCNCC5)CC4)cccc3C2=O)C(=O)N1. The van der Waals surface area contributed by atoms with Crippen LogP contribution in [0.1, 0.15) is 60.0 Å². The molecule has 3 fully saturated rings. The summed E-state index contributed by atoms with van der Waals surface area (Å²) >= 11 is 0. The van der Waals surface area contributed by atoms with Crippen molar-refractivity contribution in [3.63, 3.8) is 0 Å². The molecular formula is C23H30N4O3. The summed E-state index contributed by atoms with van der Waals surface area (Å²) in [6.45, 7) is 5.81. The van der Waals surface area contributed by atoms with E-state index < -0.39 is 6.04 Å². The quantitative estimate of drug-likeness (QED) is 0.737. The second kappa shape index (κ2) is 7.78. The molecule has 4 aliphatic heterocycles. The number of benzene rings is 1. The van der Waals surface area contributed by atoms with Crippen molar-refractivity contribution >= 4 is 17.7 Å². The molecule has 0 aliphatic carbocycles. The highest BCUT2D eigenvalue weighted by Crippen LogP contribution is 2.40. The molecule has 3 saturated heterocycles. The first-order chi connectivity index (χ1) is 14.5. The van der Waals surface area contributed by atoms with Crippen LogP contribution in [0.2, 0.25) is 0 Å². The molecule has 5 rings (SSSR count). The molecule has 1 aromatic carbocycles. The molecular weight excluding hydrogens is 380 g/mol. The molecule has 1 atom stereocenters. The van der Waals surface area contributed by atoms with Crippen LogP contribution in [0.4, 0.5) is 0 Å². The third kappa shape index (κ3) is 3.54. The van der Waals surface area contributed by atoms with Crippen LogP contribution in [-0.4, -0.2) is 59.7 Å². The second-order valence-corrected chi connectivity index (χ2v) is 9.37. The van der Waals surface area contributed by atoms with Gasteiger partial charge in [-0.25, -0.2) is 0 Å². The zero-order chi connectivity index (χ0) is 20.7. The summed E-state index contributed by atoms with van der Waals surface area (Å²) in [5.41, 5.74) is 3.48. The molecule has 0 saturated carbocycles. The van der Waals surface area contributed by atoms with E-state index in [-0.39, 0.29) is 24.1 Å². The standard InChI is InChI=1S/C23H30N4O3/c28-20-5-4-19(21(29)25-20)27-15-18-16(2-1-3-17(18)22(27)30)14-26-12-8-23(9-13-26)6-10-24-11-7-23/h1-3,19,24H,4-15H2,(H,25,28,29). The van der Waals surface area contributed by atoms with E-state index in [1.807, 2.05) is 12.1 Å². The highest BCUT2D eigenvalue weighted by molar-refractivity contribution is 6.05. The number of likely N-dealkylation sites (tertiary alicyclic amines) is 1. The summed E-state index contributed by atoms with van der Waals surface area (Å²) in [6, 6.07) is 5.39. The number of nitrogens with one attached hydrogen (secondary N) is 2. The number of hydrogen-bond donors (Lipinski definition) is 2. The van der Waals surface area contributed by atoms with Gasteiger partial charge in [0.05, 0.1) is 0 Å². The zero-order valence-electron chi connectivity index (χ0n) is 17.4. The maximum absolute atomic E-state index is 13.0. The number of piperidine rings is 3. The van der Waals surface area contributed by atoms with E-state index in [4.69, 9.17) is 0 Å². The Morgan fingerprint density at radius 2 is 1.80 bits per heavy atom. The molecule has 0 bridgehead atoms. The highest BCUT2D eigenvalue weighted by Gasteiger charge is 2.40. The van der Waals surface area contributed by atoms with E-state index in [9.17, 15) is 14.4 Å². The molecule has 3 amide bonds. The van der Waals surface area contributed by atoms with Crippen molar-refractivity contribution in [3.05, 3.63) is 34.9 Å². The fraction of sp³-hybridized carbons (Fsp3) is 0.609. The van der Waals surface area contributed by atoms with Gasteiger partial charge in [0.1, 0.15) is 6.04 Å². The molecule has 4 heterocycles. The van der Waals surface area contributed by atoms with Gasteiger partial charge in [0.25, 0.3) is 5.91 Å². The zero-order valence-corrected chi connectivity index (χ0v) is 17.4. The predicted octanol–water partition coefficient (Wildman–Crippen LogP) is 1.41. The van der Waals surface area contributed by atoms with E-state index in [0.717, 1.165) is 38.3 Å². The molecule has 7 nitrogen and oxygen atoms in total. The Balaban J connectivity index is 1.28. The van der Waals surface area contributed by atoms with Crippen molar-refractivity contribution in [3.8, 4) is 0 Å². The van der Waals surface area contributed by atoms with Crippen molar-refractivity contribution in [2.24, 2.45) is 5.41 Å². The van der Waals surface area contributed by atoms with Crippen molar-refractivity contribution in [2.45, 2.75) is 57.7 Å². The summed E-state index contributed by atoms with van der Waals surface area (Å²) in [5.74, 6) is -0.691. The lowest BCUT2D eigenvalue weighted by atomic mass is 9.71. The van der Waals surface area contributed by atoms with E-state index >= 15 is 0 Å². The first-order valence-electron chi connectivity index (χ1n) is 11.2. The van der Waals surface area contributed by atoms with Gasteiger partial charge in [0.15, 0.2) is 0 Å². The lowest BCUT2D eigenvalue weighted by molar-refractivity contribution is -0.136. The molecule has 160 valence electrons. The number of imide groups is 1. The predicted molar refractivity (Wildman–Crippen MR) is 112 cm³/mol. The Morgan fingerprint density at radius 3 is 2.53 bits per heavy atom. The van der Waals surface area contributed by atoms with Crippen LogP contribution in [0.5, 0.6) is 0 Å². The molecule has 30 heavy (non-hydrogen) atoms. The minimum Gasteiger partial charge on any atom is -0.322 e. The van der Waals surface area contributed by atoms with Crippen LogP contribution in [0.3, 0.4) is 0 Å². The van der Waals surface area contributed by atoms with Crippen LogP contribution in [0.15, 0.2) is 18.2 Å². The van der Waals surface area contributed by atoms with Crippen molar-refractivity contribution in [1.82, 2.24) is 20.4 Å². The Morgan fingerprint density at radius 1 is 1.03 bits per heavy atom. The molecule has 1 aromatic rings. The molecule has 0 radical (unpaired) electrons. The van der Waals surface area contributed by atoms with Gasteiger partial charge in [-0.05, 0) is 80.9 Å². The van der Waals surface area contributed by atoms with Crippen molar-refractivity contribution in [2.75, 3.05) is 26.2 Å². The van der Waals surface area contributed by atoms with E-state index in [1.54, 1.807) is 4.90 Å². The van der Waals surface area contributed by atoms with Gasteiger partial charge in [0.2, 0.25) is 11.8 Å². The summed E-state index contributed by atoms with van der Waals surface area (Å²) in [4.78, 5) is 41.0. The fourth-order valence-electron chi connectivity index (χ4n) is 5.68. The second-order valence-electron chi connectivity index (χ2n) is 9.37. The van der Waals surface area contributed by atoms with Crippen LogP contribution >= 0.6 is 0 Å². The third-order valence-electron chi connectivity index (χ3n) is 7.65. The summed E-state index contributed by atoms with van der Waals surface area (Å²) in [7, 11) is 0. The number of carbonyl (C=O) groups is 3. The monoisotopic (exact) mass is 410 g/mol. The first-order valence-corrected chi connectivity index (χ1v) is 11.2. The molecule has 4 aliphatic rings. The molecule has 1 spiro atoms.